The van der Waals surface area contributed by atoms with Gasteiger partial charge in [0.25, 0.3) is 0 Å². The van der Waals surface area contributed by atoms with E-state index in [2.05, 4.69) is 4.98 Å². The highest BCUT2D eigenvalue weighted by Crippen LogP contribution is 2.14. The second-order valence-corrected chi connectivity index (χ2v) is 2.76. The largest absolute Gasteiger partial charge is 0.273 e. The van der Waals surface area contributed by atoms with Crippen molar-refractivity contribution in [2.45, 2.75) is 4.21 Å². The second kappa shape index (κ2) is 2.30. The molecule has 2 N–H and O–H groups in total. The topological polar surface area (TPSA) is 38.9 Å². The highest BCUT2D eigenvalue weighted by Gasteiger charge is 1.85. The van der Waals surface area contributed by atoms with Crippen LogP contribution in [0.3, 0.4) is 0 Å². The molecule has 0 aliphatic heterocycles. The first-order valence-corrected chi connectivity index (χ1v) is 3.44. The summed E-state index contributed by atoms with van der Waals surface area (Å²) in [5.41, 5.74) is 1.76. The monoisotopic (exact) mass is 132 g/mol. The Labute approximate surface area is 49.9 Å². The first-order chi connectivity index (χ1) is 3.43. The zero-order valence-corrected chi connectivity index (χ0v) is 5.13. The molecule has 1 rings (SSSR count). The lowest BCUT2D eigenvalue weighted by atomic mass is 11.0. The van der Waals surface area contributed by atoms with Gasteiger partial charge in [-0.25, -0.2) is 0 Å². The molecule has 0 saturated heterocycles. The number of rotatable bonds is 1. The van der Waals surface area contributed by atoms with Gasteiger partial charge in [0.15, 0.2) is 0 Å². The predicted octanol–water partition coefficient (Wildman–Crippen LogP) is 1.11. The quantitative estimate of drug-likeness (QED) is 0.582. The zero-order chi connectivity index (χ0) is 5.11. The lowest BCUT2D eigenvalue weighted by molar-refractivity contribution is 1.38. The Morgan fingerprint density at radius 2 is 2.71 bits per heavy atom. The molecule has 0 fully saturated rings. The predicted molar refractivity (Wildman–Crippen MR) is 32.2 cm³/mol. The van der Waals surface area contributed by atoms with Crippen LogP contribution in [0.15, 0.2) is 15.9 Å². The molecule has 0 aromatic carbocycles. The molecule has 2 nitrogen and oxygen atoms in total. The van der Waals surface area contributed by atoms with E-state index >= 15 is 0 Å². The Kier molecular flexibility index (Phi) is 1.67. The second-order valence-electron chi connectivity index (χ2n) is 0.938. The molecule has 38 valence electrons. The van der Waals surface area contributed by atoms with Gasteiger partial charge in [0.05, 0.1) is 15.9 Å². The number of nitrogens with two attached hydrogens (primary N) is 1. The SMILES string of the molecule is NSc1cncs1. The van der Waals surface area contributed by atoms with Crippen molar-refractivity contribution in [2.24, 2.45) is 5.14 Å². The normalized spacial score (nSPS) is 9.29. The van der Waals surface area contributed by atoms with Gasteiger partial charge in [-0.3, -0.25) is 10.1 Å². The molecule has 0 saturated carbocycles. The standard InChI is InChI=1S/C3H4N2S2/c4-7-3-1-5-2-6-3/h1-2H,4H2. The van der Waals surface area contributed by atoms with E-state index in [-0.39, 0.29) is 0 Å². The van der Waals surface area contributed by atoms with E-state index in [0.29, 0.717) is 0 Å². The van der Waals surface area contributed by atoms with Gasteiger partial charge in [-0.15, -0.1) is 11.3 Å². The lowest BCUT2D eigenvalue weighted by Crippen LogP contribution is -1.70. The maximum Gasteiger partial charge on any atom is 0.0947 e. The third-order valence-corrected chi connectivity index (χ3v) is 2.01. The van der Waals surface area contributed by atoms with E-state index in [0.717, 1.165) is 4.21 Å². The van der Waals surface area contributed by atoms with E-state index in [4.69, 9.17) is 5.14 Å². The van der Waals surface area contributed by atoms with Crippen molar-refractivity contribution in [2.75, 3.05) is 0 Å². The van der Waals surface area contributed by atoms with E-state index in [9.17, 15) is 0 Å². The summed E-state index contributed by atoms with van der Waals surface area (Å²) in [6.07, 6.45) is 1.75. The molecular weight excluding hydrogens is 128 g/mol. The first-order valence-electron chi connectivity index (χ1n) is 1.68. The average molecular weight is 132 g/mol. The van der Waals surface area contributed by atoms with Crippen LogP contribution in [-0.2, 0) is 0 Å². The summed E-state index contributed by atoms with van der Waals surface area (Å²) < 4.78 is 1.06. The molecule has 1 aromatic heterocycles. The molecular formula is C3H4N2S2. The summed E-state index contributed by atoms with van der Waals surface area (Å²) in [5.74, 6) is 0. The van der Waals surface area contributed by atoms with Crippen molar-refractivity contribution in [3.05, 3.63) is 11.7 Å². The van der Waals surface area contributed by atoms with Gasteiger partial charge in [0.1, 0.15) is 0 Å². The van der Waals surface area contributed by atoms with E-state index in [1.165, 1.54) is 11.9 Å². The van der Waals surface area contributed by atoms with Crippen LogP contribution >= 0.6 is 23.3 Å². The first kappa shape index (κ1) is 5.08. The number of thiazole rings is 1. The molecule has 0 unspecified atom stereocenters. The Bertz CT molecular complexity index is 125. The van der Waals surface area contributed by atoms with Crippen molar-refractivity contribution in [1.29, 1.82) is 0 Å². The van der Waals surface area contributed by atoms with Crippen LogP contribution in [0, 0.1) is 0 Å². The fourth-order valence-corrected chi connectivity index (χ4v) is 1.08. The molecule has 0 aliphatic carbocycles. The van der Waals surface area contributed by atoms with E-state index in [1.807, 2.05) is 0 Å². The minimum absolute atomic E-state index is 1.06. The molecule has 0 aliphatic rings. The van der Waals surface area contributed by atoms with Crippen LogP contribution < -0.4 is 5.14 Å². The number of aromatic nitrogens is 1. The molecule has 0 radical (unpaired) electrons. The van der Waals surface area contributed by atoms with Crippen molar-refractivity contribution >= 4 is 23.3 Å². The van der Waals surface area contributed by atoms with Crippen molar-refractivity contribution in [3.63, 3.8) is 0 Å². The number of hydrogen-bond acceptors (Lipinski definition) is 4. The van der Waals surface area contributed by atoms with E-state index < -0.39 is 0 Å². The summed E-state index contributed by atoms with van der Waals surface area (Å²) in [5, 5.41) is 5.18. The number of nitrogens with zero attached hydrogens (tertiary/aromatic N) is 1. The fraction of sp³-hybridized carbons (Fsp3) is 0. The van der Waals surface area contributed by atoms with Crippen molar-refractivity contribution in [1.82, 2.24) is 4.98 Å². The molecule has 0 bridgehead atoms. The van der Waals surface area contributed by atoms with Gasteiger partial charge in [-0.1, -0.05) is 0 Å². The third-order valence-electron chi connectivity index (χ3n) is 0.526. The van der Waals surface area contributed by atoms with Gasteiger partial charge < -0.3 is 0 Å². The Morgan fingerprint density at radius 3 is 3.00 bits per heavy atom. The zero-order valence-electron chi connectivity index (χ0n) is 3.50. The van der Waals surface area contributed by atoms with Crippen LogP contribution in [-0.4, -0.2) is 4.98 Å². The Hall–Kier alpha value is -0.0600. The van der Waals surface area contributed by atoms with Crippen LogP contribution in [0.25, 0.3) is 0 Å². The summed E-state index contributed by atoms with van der Waals surface area (Å²) in [6.45, 7) is 0. The maximum atomic E-state index is 5.18. The van der Waals surface area contributed by atoms with Crippen molar-refractivity contribution < 1.29 is 0 Å². The lowest BCUT2D eigenvalue weighted by Gasteiger charge is -1.76. The summed E-state index contributed by atoms with van der Waals surface area (Å²) >= 11 is 2.78. The minimum atomic E-state index is 1.06. The molecule has 0 atom stereocenters. The summed E-state index contributed by atoms with van der Waals surface area (Å²) in [7, 11) is 0. The summed E-state index contributed by atoms with van der Waals surface area (Å²) in [4.78, 5) is 3.81. The highest BCUT2D eigenvalue weighted by molar-refractivity contribution is 7.98. The van der Waals surface area contributed by atoms with Gasteiger partial charge in [-0.2, -0.15) is 0 Å². The number of hydrogen-bond donors (Lipinski definition) is 1. The molecule has 1 heterocycles. The van der Waals surface area contributed by atoms with Crippen LogP contribution in [0.2, 0.25) is 0 Å². The third kappa shape index (κ3) is 1.15. The van der Waals surface area contributed by atoms with E-state index in [1.54, 1.807) is 23.0 Å². The van der Waals surface area contributed by atoms with Crippen LogP contribution in [0.4, 0.5) is 0 Å². The van der Waals surface area contributed by atoms with Gasteiger partial charge in [0, 0.05) is 0 Å². The molecule has 1 aromatic rings. The van der Waals surface area contributed by atoms with Crippen LogP contribution in [0.1, 0.15) is 0 Å². The Morgan fingerprint density at radius 1 is 1.86 bits per heavy atom. The molecule has 0 spiro atoms. The molecule has 0 amide bonds. The maximum absolute atomic E-state index is 5.18. The molecule has 7 heavy (non-hydrogen) atoms. The average Bonchev–Trinajstić information content (AvgIpc) is 2.14. The fourth-order valence-electron chi connectivity index (χ4n) is 0.262. The van der Waals surface area contributed by atoms with Crippen LogP contribution in [0.5, 0.6) is 0 Å². The smallest absolute Gasteiger partial charge is 0.0947 e. The van der Waals surface area contributed by atoms with Gasteiger partial charge in [0.2, 0.25) is 0 Å². The van der Waals surface area contributed by atoms with Crippen molar-refractivity contribution in [3.8, 4) is 0 Å². The molecule has 4 heteroatoms. The summed E-state index contributed by atoms with van der Waals surface area (Å²) in [6, 6.07) is 0. The Balaban J connectivity index is 2.76. The highest BCUT2D eigenvalue weighted by atomic mass is 32.2. The van der Waals surface area contributed by atoms with Gasteiger partial charge >= 0.3 is 0 Å². The minimum Gasteiger partial charge on any atom is -0.273 e. The van der Waals surface area contributed by atoms with Gasteiger partial charge in [-0.05, 0) is 11.9 Å².